The molecule has 0 unspecified atom stereocenters. The number of benzene rings is 3. The molecule has 1 heterocycles. The van der Waals surface area contributed by atoms with E-state index in [1.165, 1.54) is 12.1 Å². The maximum Gasteiger partial charge on any atom is 0.417 e. The second-order valence-electron chi connectivity index (χ2n) is 7.35. The molecular formula is C25H22F3NO3. The lowest BCUT2D eigenvalue weighted by Gasteiger charge is -2.12. The van der Waals surface area contributed by atoms with Gasteiger partial charge in [0.1, 0.15) is 11.4 Å². The van der Waals surface area contributed by atoms with Gasteiger partial charge in [-0.1, -0.05) is 42.5 Å². The molecule has 0 spiro atoms. The zero-order valence-electron chi connectivity index (χ0n) is 17.5. The van der Waals surface area contributed by atoms with Gasteiger partial charge in [0.15, 0.2) is 0 Å². The van der Waals surface area contributed by atoms with E-state index in [0.29, 0.717) is 17.7 Å². The lowest BCUT2D eigenvalue weighted by atomic mass is 10.0. The number of nitrogens with one attached hydrogen (secondary N) is 1. The monoisotopic (exact) mass is 441 g/mol. The minimum atomic E-state index is -4.54. The molecule has 0 atom stereocenters. The van der Waals surface area contributed by atoms with Crippen LogP contribution >= 0.6 is 0 Å². The van der Waals surface area contributed by atoms with Crippen molar-refractivity contribution >= 4 is 27.6 Å². The first-order valence-electron chi connectivity index (χ1n) is 10.4. The second kappa shape index (κ2) is 8.94. The van der Waals surface area contributed by atoms with Crippen LogP contribution in [0.1, 0.15) is 35.0 Å². The van der Waals surface area contributed by atoms with Gasteiger partial charge in [0.2, 0.25) is 0 Å². The van der Waals surface area contributed by atoms with Crippen LogP contribution in [0.3, 0.4) is 0 Å². The van der Waals surface area contributed by atoms with E-state index in [1.807, 2.05) is 42.5 Å². The van der Waals surface area contributed by atoms with E-state index in [1.54, 1.807) is 6.92 Å². The van der Waals surface area contributed by atoms with Crippen molar-refractivity contribution in [1.29, 1.82) is 0 Å². The van der Waals surface area contributed by atoms with E-state index < -0.39 is 17.7 Å². The summed E-state index contributed by atoms with van der Waals surface area (Å²) in [5, 5.41) is 2.02. The van der Waals surface area contributed by atoms with E-state index >= 15 is 0 Å². The van der Waals surface area contributed by atoms with Crippen molar-refractivity contribution < 1.29 is 27.4 Å². The number of hydrogen-bond donors (Lipinski definition) is 1. The summed E-state index contributed by atoms with van der Waals surface area (Å²) in [6.07, 6.45) is -3.89. The third-order valence-corrected chi connectivity index (χ3v) is 5.29. The first-order chi connectivity index (χ1) is 15.4. The van der Waals surface area contributed by atoms with E-state index in [9.17, 15) is 18.0 Å². The Morgan fingerprint density at radius 2 is 1.75 bits per heavy atom. The Kier molecular flexibility index (Phi) is 6.08. The summed E-state index contributed by atoms with van der Waals surface area (Å²) in [6, 6.07) is 17.4. The smallest absolute Gasteiger partial charge is 0.417 e. The number of fused-ring (bicyclic) bond motifs is 2. The van der Waals surface area contributed by atoms with Gasteiger partial charge >= 0.3 is 12.1 Å². The maximum absolute atomic E-state index is 13.7. The highest BCUT2D eigenvalue weighted by Crippen LogP contribution is 2.38. The molecule has 4 rings (SSSR count). The summed E-state index contributed by atoms with van der Waals surface area (Å²) in [7, 11) is 0. The molecule has 0 aliphatic rings. The van der Waals surface area contributed by atoms with Crippen molar-refractivity contribution in [3.05, 3.63) is 77.5 Å². The third-order valence-electron chi connectivity index (χ3n) is 5.29. The molecule has 4 nitrogen and oxygen atoms in total. The largest absolute Gasteiger partial charge is 0.493 e. The molecule has 0 radical (unpaired) electrons. The van der Waals surface area contributed by atoms with Gasteiger partial charge in [-0.05, 0) is 48.9 Å². The molecule has 7 heteroatoms. The molecule has 1 aromatic heterocycles. The molecule has 166 valence electrons. The van der Waals surface area contributed by atoms with Gasteiger partial charge in [0, 0.05) is 16.3 Å². The number of hydrogen-bond acceptors (Lipinski definition) is 3. The number of ether oxygens (including phenoxy) is 2. The van der Waals surface area contributed by atoms with E-state index in [-0.39, 0.29) is 36.2 Å². The average Bonchev–Trinajstić information content (AvgIpc) is 3.15. The molecule has 4 aromatic rings. The predicted molar refractivity (Wildman–Crippen MR) is 117 cm³/mol. The topological polar surface area (TPSA) is 51.3 Å². The highest BCUT2D eigenvalue weighted by molar-refractivity contribution is 5.99. The predicted octanol–water partition coefficient (Wildman–Crippen LogP) is 6.53. The summed E-state index contributed by atoms with van der Waals surface area (Å²) in [6.45, 7) is 2.07. The Balaban J connectivity index is 1.61. The Labute approximate surface area is 183 Å². The maximum atomic E-state index is 13.7. The molecular weight excluding hydrogens is 419 g/mol. The minimum Gasteiger partial charge on any atom is -0.493 e. The normalized spacial score (nSPS) is 11.8. The Morgan fingerprint density at radius 1 is 1.00 bits per heavy atom. The van der Waals surface area contributed by atoms with Crippen LogP contribution in [0.5, 0.6) is 5.75 Å². The van der Waals surface area contributed by atoms with Crippen molar-refractivity contribution in [2.45, 2.75) is 25.9 Å². The average molecular weight is 441 g/mol. The van der Waals surface area contributed by atoms with Crippen molar-refractivity contribution in [1.82, 2.24) is 4.98 Å². The third kappa shape index (κ3) is 4.28. The Morgan fingerprint density at radius 3 is 2.53 bits per heavy atom. The fraction of sp³-hybridized carbons (Fsp3) is 0.240. The summed E-state index contributed by atoms with van der Waals surface area (Å²) in [5.41, 5.74) is -0.156. The first-order valence-corrected chi connectivity index (χ1v) is 10.4. The van der Waals surface area contributed by atoms with Crippen LogP contribution in [0.4, 0.5) is 13.2 Å². The molecule has 32 heavy (non-hydrogen) atoms. The van der Waals surface area contributed by atoms with E-state index in [4.69, 9.17) is 9.47 Å². The van der Waals surface area contributed by atoms with Crippen molar-refractivity contribution in [3.63, 3.8) is 0 Å². The number of aromatic nitrogens is 1. The molecule has 0 fully saturated rings. The summed E-state index contributed by atoms with van der Waals surface area (Å²) < 4.78 is 52.0. The van der Waals surface area contributed by atoms with Crippen molar-refractivity contribution in [2.75, 3.05) is 13.2 Å². The zero-order chi connectivity index (χ0) is 22.7. The number of H-pyrrole nitrogens is 1. The number of rotatable bonds is 7. The van der Waals surface area contributed by atoms with E-state index in [0.717, 1.165) is 16.8 Å². The molecule has 0 saturated heterocycles. The van der Waals surface area contributed by atoms with Gasteiger partial charge in [0.05, 0.1) is 18.8 Å². The van der Waals surface area contributed by atoms with Crippen LogP contribution in [0.15, 0.2) is 60.7 Å². The highest BCUT2D eigenvalue weighted by Gasteiger charge is 2.35. The summed E-state index contributed by atoms with van der Waals surface area (Å²) in [4.78, 5) is 15.3. The van der Waals surface area contributed by atoms with Gasteiger partial charge in [-0.25, -0.2) is 4.79 Å². The lowest BCUT2D eigenvalue weighted by molar-refractivity contribution is -0.136. The lowest BCUT2D eigenvalue weighted by Crippen LogP contribution is -2.10. The quantitative estimate of drug-likeness (QED) is 0.262. The molecule has 0 aliphatic heterocycles. The standard InChI is InChI=1S/C25H22F3NO3/c1-2-31-24(30)23-18(22-19(25(26,27)28)12-6-13-20(22)29-23)11-7-15-32-21-14-5-9-16-8-3-4-10-17(16)21/h3-6,8-10,12-14,29H,2,7,11,15H2,1H3. The molecule has 3 aromatic carbocycles. The Bertz CT molecular complexity index is 1260. The van der Waals surface area contributed by atoms with Crippen LogP contribution in [0.2, 0.25) is 0 Å². The first kappa shape index (κ1) is 21.7. The van der Waals surface area contributed by atoms with Gasteiger partial charge < -0.3 is 14.5 Å². The number of aromatic amines is 1. The highest BCUT2D eigenvalue weighted by atomic mass is 19.4. The molecule has 0 saturated carbocycles. The minimum absolute atomic E-state index is 0.00761. The Hall–Kier alpha value is -3.48. The van der Waals surface area contributed by atoms with Gasteiger partial charge in [-0.15, -0.1) is 0 Å². The summed E-state index contributed by atoms with van der Waals surface area (Å²) >= 11 is 0. The van der Waals surface area contributed by atoms with Crippen LogP contribution in [-0.2, 0) is 17.3 Å². The molecule has 0 bridgehead atoms. The van der Waals surface area contributed by atoms with Crippen LogP contribution < -0.4 is 4.74 Å². The van der Waals surface area contributed by atoms with Crippen LogP contribution in [0, 0.1) is 0 Å². The van der Waals surface area contributed by atoms with Crippen molar-refractivity contribution in [3.8, 4) is 5.75 Å². The SMILES string of the molecule is CCOC(=O)c1[nH]c2cccc(C(F)(F)F)c2c1CCCOc1cccc2ccccc12. The van der Waals surface area contributed by atoms with Gasteiger partial charge in [0.25, 0.3) is 0 Å². The summed E-state index contributed by atoms with van der Waals surface area (Å²) in [5.74, 6) is 0.0467. The molecule has 0 aliphatic carbocycles. The van der Waals surface area contributed by atoms with Gasteiger partial charge in [-0.3, -0.25) is 0 Å². The number of carbonyl (C=O) groups excluding carboxylic acids is 1. The fourth-order valence-corrected chi connectivity index (χ4v) is 3.93. The number of aryl methyl sites for hydroxylation is 1. The van der Waals surface area contributed by atoms with Gasteiger partial charge in [-0.2, -0.15) is 13.2 Å². The second-order valence-corrected chi connectivity index (χ2v) is 7.35. The van der Waals surface area contributed by atoms with Crippen LogP contribution in [-0.4, -0.2) is 24.2 Å². The van der Waals surface area contributed by atoms with Crippen molar-refractivity contribution in [2.24, 2.45) is 0 Å². The molecule has 1 N–H and O–H groups in total. The number of alkyl halides is 3. The number of esters is 1. The number of carbonyl (C=O) groups is 1. The van der Waals surface area contributed by atoms with Crippen LogP contribution in [0.25, 0.3) is 21.7 Å². The van der Waals surface area contributed by atoms with E-state index in [2.05, 4.69) is 4.98 Å². The number of halogens is 3. The zero-order valence-corrected chi connectivity index (χ0v) is 17.5. The molecule has 0 amide bonds. The fourth-order valence-electron chi connectivity index (χ4n) is 3.93.